The first kappa shape index (κ1) is 15.0. The van der Waals surface area contributed by atoms with Crippen LogP contribution in [0.4, 0.5) is 0 Å². The second-order valence-electron chi connectivity index (χ2n) is 4.60. The zero-order valence-corrected chi connectivity index (χ0v) is 12.7. The van der Waals surface area contributed by atoms with E-state index in [9.17, 15) is 4.79 Å². The minimum absolute atomic E-state index is 0.292. The molecule has 1 N–H and O–H groups in total. The molecule has 0 aliphatic carbocycles. The fourth-order valence-electron chi connectivity index (χ4n) is 1.94. The van der Waals surface area contributed by atoms with Crippen molar-refractivity contribution in [2.24, 2.45) is 5.10 Å². The van der Waals surface area contributed by atoms with E-state index >= 15 is 0 Å². The lowest BCUT2D eigenvalue weighted by Gasteiger charge is -1.99. The summed E-state index contributed by atoms with van der Waals surface area (Å²) in [5, 5.41) is 4.46. The first-order valence-electron chi connectivity index (χ1n) is 6.83. The summed E-state index contributed by atoms with van der Waals surface area (Å²) in [6.45, 7) is 0. The van der Waals surface area contributed by atoms with Crippen LogP contribution < -0.4 is 5.43 Å². The molecule has 3 rings (SSSR count). The number of aromatic nitrogens is 1. The summed E-state index contributed by atoms with van der Waals surface area (Å²) in [6, 6.07) is 16.0. The van der Waals surface area contributed by atoms with Gasteiger partial charge in [0.25, 0.3) is 5.91 Å². The van der Waals surface area contributed by atoms with E-state index in [0.717, 1.165) is 5.56 Å². The van der Waals surface area contributed by atoms with Crippen molar-refractivity contribution < 1.29 is 9.21 Å². The number of carbonyl (C=O) groups is 1. The van der Waals surface area contributed by atoms with Crippen molar-refractivity contribution in [3.8, 4) is 11.3 Å². The molecule has 1 amide bonds. The molecule has 0 aliphatic rings. The predicted octanol–water partition coefficient (Wildman–Crippen LogP) is 3.76. The predicted molar refractivity (Wildman–Crippen MR) is 88.5 cm³/mol. The van der Waals surface area contributed by atoms with Gasteiger partial charge in [-0.05, 0) is 36.4 Å². The van der Waals surface area contributed by atoms with E-state index < -0.39 is 0 Å². The van der Waals surface area contributed by atoms with Gasteiger partial charge in [-0.2, -0.15) is 5.10 Å². The number of nitrogens with zero attached hydrogens (tertiary/aromatic N) is 2. The van der Waals surface area contributed by atoms with Gasteiger partial charge in [0.1, 0.15) is 17.2 Å². The molecule has 0 unspecified atom stereocenters. The van der Waals surface area contributed by atoms with Gasteiger partial charge in [-0.25, -0.2) is 5.43 Å². The molecule has 0 atom stereocenters. The summed E-state index contributed by atoms with van der Waals surface area (Å²) in [5.74, 6) is 0.745. The maximum Gasteiger partial charge on any atom is 0.289 e. The van der Waals surface area contributed by atoms with Gasteiger partial charge >= 0.3 is 0 Å². The molecule has 114 valence electrons. The third-order valence-electron chi connectivity index (χ3n) is 3.02. The molecule has 0 spiro atoms. The van der Waals surface area contributed by atoms with Crippen molar-refractivity contribution in [2.75, 3.05) is 0 Å². The minimum atomic E-state index is -0.389. The number of furan rings is 1. The quantitative estimate of drug-likeness (QED) is 0.586. The van der Waals surface area contributed by atoms with Gasteiger partial charge in [0.15, 0.2) is 0 Å². The normalized spacial score (nSPS) is 10.8. The topological polar surface area (TPSA) is 67.5 Å². The molecule has 23 heavy (non-hydrogen) atoms. The second kappa shape index (κ2) is 6.89. The van der Waals surface area contributed by atoms with Crippen molar-refractivity contribution in [3.63, 3.8) is 0 Å². The summed E-state index contributed by atoms with van der Waals surface area (Å²) in [6.07, 6.45) is 2.96. The highest BCUT2D eigenvalue weighted by atomic mass is 35.5. The van der Waals surface area contributed by atoms with Gasteiger partial charge < -0.3 is 4.42 Å². The number of benzene rings is 1. The molecule has 0 radical (unpaired) electrons. The average molecular weight is 326 g/mol. The number of rotatable bonds is 4. The van der Waals surface area contributed by atoms with Crippen LogP contribution in [0.15, 0.2) is 70.3 Å². The molecule has 0 saturated heterocycles. The zero-order chi connectivity index (χ0) is 16.1. The second-order valence-corrected chi connectivity index (χ2v) is 5.00. The highest BCUT2D eigenvalue weighted by Crippen LogP contribution is 2.28. The Hall–Kier alpha value is -2.92. The van der Waals surface area contributed by atoms with E-state index in [-0.39, 0.29) is 5.91 Å². The number of hydrogen-bond acceptors (Lipinski definition) is 4. The highest BCUT2D eigenvalue weighted by molar-refractivity contribution is 6.33. The zero-order valence-electron chi connectivity index (χ0n) is 11.9. The van der Waals surface area contributed by atoms with Crippen LogP contribution in [-0.4, -0.2) is 17.1 Å². The van der Waals surface area contributed by atoms with Gasteiger partial charge in [0, 0.05) is 11.8 Å². The lowest BCUT2D eigenvalue weighted by molar-refractivity contribution is 0.0950. The monoisotopic (exact) mass is 325 g/mol. The number of nitrogens with one attached hydrogen (secondary N) is 1. The smallest absolute Gasteiger partial charge is 0.289 e. The van der Waals surface area contributed by atoms with E-state index in [4.69, 9.17) is 16.0 Å². The molecular formula is C17H12ClN3O2. The third-order valence-corrected chi connectivity index (χ3v) is 3.35. The number of pyridine rings is 1. The summed E-state index contributed by atoms with van der Waals surface area (Å²) in [5.41, 5.74) is 3.48. The van der Waals surface area contributed by atoms with Crippen LogP contribution in [0.25, 0.3) is 11.3 Å². The van der Waals surface area contributed by atoms with Gasteiger partial charge in [0.05, 0.1) is 11.2 Å². The van der Waals surface area contributed by atoms with E-state index in [0.29, 0.717) is 22.2 Å². The van der Waals surface area contributed by atoms with Crippen molar-refractivity contribution >= 4 is 23.7 Å². The Morgan fingerprint density at radius 3 is 2.74 bits per heavy atom. The van der Waals surface area contributed by atoms with Crippen molar-refractivity contribution in [1.82, 2.24) is 10.4 Å². The van der Waals surface area contributed by atoms with E-state index in [1.165, 1.54) is 6.21 Å². The molecule has 0 saturated carbocycles. The summed E-state index contributed by atoms with van der Waals surface area (Å²) in [4.78, 5) is 15.7. The Labute approximate surface area is 137 Å². The first-order valence-corrected chi connectivity index (χ1v) is 7.21. The average Bonchev–Trinajstić information content (AvgIpc) is 3.04. The lowest BCUT2D eigenvalue weighted by Crippen LogP contribution is -2.18. The summed E-state index contributed by atoms with van der Waals surface area (Å²) in [7, 11) is 0. The van der Waals surface area contributed by atoms with Gasteiger partial charge in [-0.1, -0.05) is 29.8 Å². The van der Waals surface area contributed by atoms with Crippen LogP contribution in [-0.2, 0) is 0 Å². The van der Waals surface area contributed by atoms with Gasteiger partial charge in [-0.15, -0.1) is 0 Å². The lowest BCUT2D eigenvalue weighted by atomic mass is 10.2. The Morgan fingerprint density at radius 2 is 1.96 bits per heavy atom. The fraction of sp³-hybridized carbons (Fsp3) is 0. The molecule has 0 bridgehead atoms. The van der Waals surface area contributed by atoms with Crippen molar-refractivity contribution in [3.05, 3.63) is 77.3 Å². The molecule has 6 heteroatoms. The van der Waals surface area contributed by atoms with Crippen LogP contribution >= 0.6 is 11.6 Å². The number of carbonyl (C=O) groups excluding carboxylic acids is 1. The molecule has 0 aliphatic heterocycles. The third kappa shape index (κ3) is 3.64. The van der Waals surface area contributed by atoms with Gasteiger partial charge in [-0.3, -0.25) is 9.78 Å². The largest absolute Gasteiger partial charge is 0.455 e. The summed E-state index contributed by atoms with van der Waals surface area (Å²) >= 11 is 6.12. The molecule has 1 aromatic carbocycles. The SMILES string of the molecule is O=C(NN=Cc1ccc(-c2ccccc2Cl)o1)c1ccccn1. The van der Waals surface area contributed by atoms with Crippen LogP contribution in [0.1, 0.15) is 16.2 Å². The maximum absolute atomic E-state index is 11.8. The van der Waals surface area contributed by atoms with Crippen molar-refractivity contribution in [1.29, 1.82) is 0 Å². The molecule has 5 nitrogen and oxygen atoms in total. The molecule has 2 heterocycles. The van der Waals surface area contributed by atoms with Crippen LogP contribution in [0.2, 0.25) is 5.02 Å². The number of halogens is 1. The van der Waals surface area contributed by atoms with Crippen LogP contribution in [0.3, 0.4) is 0 Å². The number of hydrogen-bond donors (Lipinski definition) is 1. The Balaban J connectivity index is 1.68. The van der Waals surface area contributed by atoms with Crippen LogP contribution in [0.5, 0.6) is 0 Å². The Bertz CT molecular complexity index is 844. The maximum atomic E-state index is 11.8. The fourth-order valence-corrected chi connectivity index (χ4v) is 2.17. The Kier molecular flexibility index (Phi) is 4.49. The molecule has 3 aromatic rings. The van der Waals surface area contributed by atoms with E-state index in [1.807, 2.05) is 18.2 Å². The molecule has 2 aromatic heterocycles. The Morgan fingerprint density at radius 1 is 1.13 bits per heavy atom. The highest BCUT2D eigenvalue weighted by Gasteiger charge is 2.07. The number of hydrazone groups is 1. The van der Waals surface area contributed by atoms with Crippen molar-refractivity contribution in [2.45, 2.75) is 0 Å². The standard InChI is InChI=1S/C17H12ClN3O2/c18-14-6-2-1-5-13(14)16-9-8-12(23-16)11-20-21-17(22)15-7-3-4-10-19-15/h1-11H,(H,21,22). The first-order chi connectivity index (χ1) is 11.2. The molecular weight excluding hydrogens is 314 g/mol. The summed E-state index contributed by atoms with van der Waals surface area (Å²) < 4.78 is 5.64. The molecule has 0 fully saturated rings. The minimum Gasteiger partial charge on any atom is -0.455 e. The number of amides is 1. The van der Waals surface area contributed by atoms with Crippen LogP contribution in [0, 0.1) is 0 Å². The van der Waals surface area contributed by atoms with Gasteiger partial charge in [0.2, 0.25) is 0 Å². The van der Waals surface area contributed by atoms with E-state index in [1.54, 1.807) is 42.6 Å². The van der Waals surface area contributed by atoms with E-state index in [2.05, 4.69) is 15.5 Å².